The SMILES string of the molecule is CCCc1nsc(Nc2ccccc2C(C)N)n1. The van der Waals surface area contributed by atoms with E-state index in [9.17, 15) is 0 Å². The summed E-state index contributed by atoms with van der Waals surface area (Å²) in [6, 6.07) is 8.02. The molecule has 0 fully saturated rings. The number of nitrogens with two attached hydrogens (primary N) is 1. The number of aryl methyl sites for hydroxylation is 1. The average molecular weight is 262 g/mol. The molecule has 0 aliphatic rings. The van der Waals surface area contributed by atoms with E-state index < -0.39 is 0 Å². The second-order valence-corrected chi connectivity index (χ2v) is 5.02. The van der Waals surface area contributed by atoms with Gasteiger partial charge in [-0.05, 0) is 25.0 Å². The van der Waals surface area contributed by atoms with Crippen molar-refractivity contribution in [2.24, 2.45) is 5.73 Å². The third-order valence-corrected chi connectivity index (χ3v) is 3.30. The highest BCUT2D eigenvalue weighted by Gasteiger charge is 2.08. The fraction of sp³-hybridized carbons (Fsp3) is 0.385. The second-order valence-electron chi connectivity index (χ2n) is 4.27. The van der Waals surface area contributed by atoms with E-state index in [1.165, 1.54) is 11.5 Å². The fourth-order valence-corrected chi connectivity index (χ4v) is 2.38. The molecule has 0 saturated carbocycles. The lowest BCUT2D eigenvalue weighted by Crippen LogP contribution is -2.07. The maximum Gasteiger partial charge on any atom is 0.207 e. The Balaban J connectivity index is 2.17. The van der Waals surface area contributed by atoms with E-state index in [2.05, 4.69) is 21.6 Å². The normalized spacial score (nSPS) is 12.4. The van der Waals surface area contributed by atoms with Crippen LogP contribution in [-0.4, -0.2) is 9.36 Å². The molecule has 1 heterocycles. The molecule has 0 amide bonds. The van der Waals surface area contributed by atoms with Gasteiger partial charge in [0.05, 0.1) is 0 Å². The summed E-state index contributed by atoms with van der Waals surface area (Å²) < 4.78 is 4.31. The minimum Gasteiger partial charge on any atom is -0.330 e. The summed E-state index contributed by atoms with van der Waals surface area (Å²) in [5, 5.41) is 4.12. The molecule has 2 aromatic rings. The van der Waals surface area contributed by atoms with Crippen LogP contribution in [0.3, 0.4) is 0 Å². The summed E-state index contributed by atoms with van der Waals surface area (Å²) in [6.07, 6.45) is 1.99. The maximum absolute atomic E-state index is 5.95. The molecule has 5 heteroatoms. The summed E-state index contributed by atoms with van der Waals surface area (Å²) >= 11 is 1.39. The van der Waals surface area contributed by atoms with Crippen LogP contribution in [0.15, 0.2) is 24.3 Å². The van der Waals surface area contributed by atoms with Crippen molar-refractivity contribution in [1.29, 1.82) is 0 Å². The number of para-hydroxylation sites is 1. The largest absolute Gasteiger partial charge is 0.330 e. The standard InChI is InChI=1S/C13H18N4S/c1-3-6-12-16-13(18-17-12)15-11-8-5-4-7-10(11)9(2)14/h4-5,7-9H,3,6,14H2,1-2H3,(H,15,16,17). The minimum absolute atomic E-state index is 0.00302. The van der Waals surface area contributed by atoms with Crippen LogP contribution in [0.1, 0.15) is 37.7 Å². The number of benzene rings is 1. The molecule has 4 nitrogen and oxygen atoms in total. The molecule has 0 aliphatic heterocycles. The van der Waals surface area contributed by atoms with Gasteiger partial charge in [0.15, 0.2) is 0 Å². The number of nitrogens with one attached hydrogen (secondary N) is 1. The number of hydrogen-bond acceptors (Lipinski definition) is 5. The van der Waals surface area contributed by atoms with Gasteiger partial charge >= 0.3 is 0 Å². The highest BCUT2D eigenvalue weighted by Crippen LogP contribution is 2.25. The Hall–Kier alpha value is -1.46. The van der Waals surface area contributed by atoms with Crippen LogP contribution < -0.4 is 11.1 Å². The quantitative estimate of drug-likeness (QED) is 0.868. The fourth-order valence-electron chi connectivity index (χ4n) is 1.75. The Kier molecular flexibility index (Phi) is 4.28. The minimum atomic E-state index is -0.00302. The Labute approximate surface area is 111 Å². The molecule has 18 heavy (non-hydrogen) atoms. The highest BCUT2D eigenvalue weighted by atomic mass is 32.1. The van der Waals surface area contributed by atoms with Crippen LogP contribution >= 0.6 is 11.5 Å². The van der Waals surface area contributed by atoms with Crippen LogP contribution in [0.2, 0.25) is 0 Å². The van der Waals surface area contributed by atoms with Crippen molar-refractivity contribution in [1.82, 2.24) is 9.36 Å². The van der Waals surface area contributed by atoms with Crippen molar-refractivity contribution in [3.05, 3.63) is 35.7 Å². The molecule has 0 bridgehead atoms. The summed E-state index contributed by atoms with van der Waals surface area (Å²) in [6.45, 7) is 4.10. The first-order chi connectivity index (χ1) is 8.70. The first-order valence-electron chi connectivity index (χ1n) is 6.14. The van der Waals surface area contributed by atoms with Crippen molar-refractivity contribution in [3.8, 4) is 0 Å². The van der Waals surface area contributed by atoms with Crippen molar-refractivity contribution >= 4 is 22.4 Å². The van der Waals surface area contributed by atoms with Crippen molar-refractivity contribution in [2.75, 3.05) is 5.32 Å². The lowest BCUT2D eigenvalue weighted by molar-refractivity contribution is 0.820. The molecule has 96 valence electrons. The van der Waals surface area contributed by atoms with E-state index in [0.717, 1.165) is 35.0 Å². The van der Waals surface area contributed by atoms with Gasteiger partial charge in [0.2, 0.25) is 5.13 Å². The van der Waals surface area contributed by atoms with E-state index in [4.69, 9.17) is 5.73 Å². The molecule has 2 rings (SSSR count). The third kappa shape index (κ3) is 3.05. The van der Waals surface area contributed by atoms with Gasteiger partial charge in [0.25, 0.3) is 0 Å². The lowest BCUT2D eigenvalue weighted by atomic mass is 10.1. The summed E-state index contributed by atoms with van der Waals surface area (Å²) in [7, 11) is 0. The van der Waals surface area contributed by atoms with Gasteiger partial charge in [-0.15, -0.1) is 0 Å². The van der Waals surface area contributed by atoms with Crippen molar-refractivity contribution in [2.45, 2.75) is 32.7 Å². The maximum atomic E-state index is 5.95. The van der Waals surface area contributed by atoms with E-state index in [1.54, 1.807) is 0 Å². The Morgan fingerprint density at radius 2 is 2.17 bits per heavy atom. The van der Waals surface area contributed by atoms with Gasteiger partial charge in [-0.25, -0.2) is 4.98 Å². The predicted octanol–water partition coefficient (Wildman–Crippen LogP) is 3.25. The summed E-state index contributed by atoms with van der Waals surface area (Å²) in [5.41, 5.74) is 8.04. The van der Waals surface area contributed by atoms with Crippen molar-refractivity contribution in [3.63, 3.8) is 0 Å². The van der Waals surface area contributed by atoms with E-state index in [-0.39, 0.29) is 6.04 Å². The van der Waals surface area contributed by atoms with Crippen LogP contribution in [0.4, 0.5) is 10.8 Å². The number of aromatic nitrogens is 2. The molecule has 3 N–H and O–H groups in total. The number of anilines is 2. The summed E-state index contributed by atoms with van der Waals surface area (Å²) in [5.74, 6) is 0.906. The Morgan fingerprint density at radius 1 is 1.39 bits per heavy atom. The van der Waals surface area contributed by atoms with E-state index in [0.29, 0.717) is 0 Å². The third-order valence-electron chi connectivity index (χ3n) is 2.63. The molecule has 1 aromatic heterocycles. The average Bonchev–Trinajstić information content (AvgIpc) is 2.77. The zero-order valence-electron chi connectivity index (χ0n) is 10.7. The molecule has 1 aromatic carbocycles. The molecule has 0 radical (unpaired) electrons. The predicted molar refractivity (Wildman–Crippen MR) is 76.2 cm³/mol. The molecule has 1 unspecified atom stereocenters. The number of nitrogens with zero attached hydrogens (tertiary/aromatic N) is 2. The Bertz CT molecular complexity index is 507. The zero-order chi connectivity index (χ0) is 13.0. The highest BCUT2D eigenvalue weighted by molar-refractivity contribution is 7.09. The number of rotatable bonds is 5. The van der Waals surface area contributed by atoms with Crippen LogP contribution in [-0.2, 0) is 6.42 Å². The monoisotopic (exact) mass is 262 g/mol. The van der Waals surface area contributed by atoms with E-state index in [1.807, 2.05) is 31.2 Å². The van der Waals surface area contributed by atoms with Gasteiger partial charge in [-0.3, -0.25) is 0 Å². The number of hydrogen-bond donors (Lipinski definition) is 2. The molecule has 0 saturated heterocycles. The molecular formula is C13H18N4S. The smallest absolute Gasteiger partial charge is 0.207 e. The van der Waals surface area contributed by atoms with Gasteiger partial charge in [0, 0.05) is 29.7 Å². The molecule has 0 aliphatic carbocycles. The Morgan fingerprint density at radius 3 is 2.89 bits per heavy atom. The second kappa shape index (κ2) is 5.93. The van der Waals surface area contributed by atoms with Gasteiger partial charge in [-0.2, -0.15) is 4.37 Å². The van der Waals surface area contributed by atoms with Gasteiger partial charge < -0.3 is 11.1 Å². The zero-order valence-corrected chi connectivity index (χ0v) is 11.5. The lowest BCUT2D eigenvalue weighted by Gasteiger charge is -2.12. The van der Waals surface area contributed by atoms with Crippen LogP contribution in [0.5, 0.6) is 0 Å². The van der Waals surface area contributed by atoms with Crippen LogP contribution in [0.25, 0.3) is 0 Å². The van der Waals surface area contributed by atoms with Crippen molar-refractivity contribution < 1.29 is 0 Å². The van der Waals surface area contributed by atoms with Crippen LogP contribution in [0, 0.1) is 0 Å². The summed E-state index contributed by atoms with van der Waals surface area (Å²) in [4.78, 5) is 4.45. The van der Waals surface area contributed by atoms with Gasteiger partial charge in [0.1, 0.15) is 5.82 Å². The topological polar surface area (TPSA) is 63.8 Å². The van der Waals surface area contributed by atoms with E-state index >= 15 is 0 Å². The molecular weight excluding hydrogens is 244 g/mol. The molecule has 0 spiro atoms. The van der Waals surface area contributed by atoms with Gasteiger partial charge in [-0.1, -0.05) is 25.1 Å². The first kappa shape index (κ1) is 13.0. The first-order valence-corrected chi connectivity index (χ1v) is 6.92. The molecule has 1 atom stereocenters.